The van der Waals surface area contributed by atoms with Crippen LogP contribution in [0, 0.1) is 12.0 Å². The van der Waals surface area contributed by atoms with Crippen molar-refractivity contribution in [2.45, 2.75) is 44.6 Å². The van der Waals surface area contributed by atoms with Gasteiger partial charge in [0.05, 0.1) is 13.1 Å². The summed E-state index contributed by atoms with van der Waals surface area (Å²) in [5.74, 6) is -2.45. The van der Waals surface area contributed by atoms with Crippen LogP contribution in [0.1, 0.15) is 32.6 Å². The smallest absolute Gasteiger partial charge is 0.272 e. The summed E-state index contributed by atoms with van der Waals surface area (Å²) >= 11 is 0. The average Bonchev–Trinajstić information content (AvgIpc) is 2.15. The second-order valence-electron chi connectivity index (χ2n) is 5.62. The maximum atomic E-state index is 12.7. The lowest BCUT2D eigenvalue weighted by molar-refractivity contribution is -0.152. The van der Waals surface area contributed by atoms with Crippen molar-refractivity contribution in [3.05, 3.63) is 11.4 Å². The predicted octanol–water partition coefficient (Wildman–Crippen LogP) is 2.81. The first-order valence-electron chi connectivity index (χ1n) is 5.89. The van der Waals surface area contributed by atoms with Crippen molar-refractivity contribution in [3.63, 3.8) is 0 Å². The summed E-state index contributed by atoms with van der Waals surface area (Å²) in [4.78, 5) is 5.37. The van der Waals surface area contributed by atoms with Crippen LogP contribution in [-0.4, -0.2) is 36.5 Å². The number of hydrogen-bond donors (Lipinski definition) is 0. The zero-order valence-corrected chi connectivity index (χ0v) is 9.68. The molecule has 1 heterocycles. The Balaban J connectivity index is 1.81. The molecule has 1 saturated carbocycles. The summed E-state index contributed by atoms with van der Waals surface area (Å²) in [5.41, 5.74) is 0.131. The van der Waals surface area contributed by atoms with E-state index < -0.39 is 5.92 Å². The van der Waals surface area contributed by atoms with Crippen molar-refractivity contribution in [1.82, 2.24) is 4.90 Å². The van der Waals surface area contributed by atoms with Crippen molar-refractivity contribution in [3.8, 4) is 0 Å². The van der Waals surface area contributed by atoms with Gasteiger partial charge in [-0.25, -0.2) is 15.4 Å². The summed E-state index contributed by atoms with van der Waals surface area (Å²) in [6.45, 7) is 9.52. The fourth-order valence-electron chi connectivity index (χ4n) is 2.82. The first-order valence-corrected chi connectivity index (χ1v) is 5.89. The van der Waals surface area contributed by atoms with Crippen LogP contribution < -0.4 is 0 Å². The van der Waals surface area contributed by atoms with E-state index in [1.165, 1.54) is 0 Å². The summed E-state index contributed by atoms with van der Waals surface area (Å²) in [6.07, 6.45) is 3.95. The number of alkyl halides is 2. The molecule has 1 aliphatic heterocycles. The lowest BCUT2D eigenvalue weighted by Crippen LogP contribution is -2.60. The van der Waals surface area contributed by atoms with E-state index in [9.17, 15) is 8.78 Å². The fraction of sp³-hybridized carbons (Fsp3) is 0.917. The standard InChI is InChI=1S/C12H18F2N2/c1-11(7-15-2)5-3-10(4-6-11)16-8-12(13,14)9-16/h10H,3-9H2,1H3. The minimum Gasteiger partial charge on any atom is -0.316 e. The number of rotatable bonds is 2. The molecule has 2 fully saturated rings. The SMILES string of the molecule is [C-]#[N+]CC1(C)CCC(N2CC(F)(F)C2)CC1. The molecular weight excluding hydrogens is 210 g/mol. The molecule has 0 spiro atoms. The lowest BCUT2D eigenvalue weighted by atomic mass is 9.73. The van der Waals surface area contributed by atoms with Crippen LogP contribution in [0.4, 0.5) is 8.78 Å². The van der Waals surface area contributed by atoms with Crippen LogP contribution in [0.3, 0.4) is 0 Å². The van der Waals surface area contributed by atoms with E-state index in [1.807, 2.05) is 4.90 Å². The summed E-state index contributed by atoms with van der Waals surface area (Å²) in [6, 6.07) is 0.332. The highest BCUT2D eigenvalue weighted by Crippen LogP contribution is 2.40. The minimum absolute atomic E-state index is 0.0583. The topological polar surface area (TPSA) is 7.60 Å². The van der Waals surface area contributed by atoms with E-state index in [-0.39, 0.29) is 18.5 Å². The Kier molecular flexibility index (Phi) is 2.91. The Morgan fingerprint density at radius 2 is 1.88 bits per heavy atom. The van der Waals surface area contributed by atoms with E-state index >= 15 is 0 Å². The van der Waals surface area contributed by atoms with E-state index in [4.69, 9.17) is 6.57 Å². The van der Waals surface area contributed by atoms with Crippen LogP contribution in [-0.2, 0) is 0 Å². The summed E-state index contributed by atoms with van der Waals surface area (Å²) in [7, 11) is 0. The van der Waals surface area contributed by atoms with Gasteiger partial charge < -0.3 is 4.85 Å². The van der Waals surface area contributed by atoms with Gasteiger partial charge in [-0.15, -0.1) is 0 Å². The van der Waals surface area contributed by atoms with Crippen LogP contribution in [0.2, 0.25) is 0 Å². The zero-order chi connectivity index (χ0) is 11.8. The molecule has 0 amide bonds. The van der Waals surface area contributed by atoms with E-state index in [0.717, 1.165) is 25.7 Å². The largest absolute Gasteiger partial charge is 0.316 e. The molecule has 0 aromatic heterocycles. The quantitative estimate of drug-likeness (QED) is 0.659. The van der Waals surface area contributed by atoms with Crippen molar-refractivity contribution in [2.75, 3.05) is 19.6 Å². The third-order valence-corrected chi connectivity index (χ3v) is 4.01. The zero-order valence-electron chi connectivity index (χ0n) is 9.68. The molecular formula is C12H18F2N2. The maximum Gasteiger partial charge on any atom is 0.272 e. The van der Waals surface area contributed by atoms with Gasteiger partial charge >= 0.3 is 0 Å². The maximum absolute atomic E-state index is 12.7. The molecule has 90 valence electrons. The van der Waals surface area contributed by atoms with E-state index in [2.05, 4.69) is 11.8 Å². The van der Waals surface area contributed by atoms with Crippen LogP contribution >= 0.6 is 0 Å². The second-order valence-corrected chi connectivity index (χ2v) is 5.62. The minimum atomic E-state index is -2.45. The number of halogens is 2. The lowest BCUT2D eigenvalue weighted by Gasteiger charge is -2.47. The molecule has 0 aromatic carbocycles. The molecule has 0 radical (unpaired) electrons. The normalized spacial score (nSPS) is 38.8. The van der Waals surface area contributed by atoms with Crippen molar-refractivity contribution in [1.29, 1.82) is 0 Å². The van der Waals surface area contributed by atoms with Crippen LogP contribution in [0.25, 0.3) is 4.85 Å². The summed E-state index contributed by atoms with van der Waals surface area (Å²) in [5, 5.41) is 0. The first kappa shape index (κ1) is 11.8. The number of nitrogens with zero attached hydrogens (tertiary/aromatic N) is 2. The van der Waals surface area contributed by atoms with Gasteiger partial charge in [-0.1, -0.05) is 6.92 Å². The van der Waals surface area contributed by atoms with E-state index in [1.54, 1.807) is 0 Å². The predicted molar refractivity (Wildman–Crippen MR) is 58.4 cm³/mol. The molecule has 1 aliphatic carbocycles. The third-order valence-electron chi connectivity index (χ3n) is 4.01. The van der Waals surface area contributed by atoms with Gasteiger partial charge in [0.1, 0.15) is 0 Å². The Morgan fingerprint density at radius 3 is 2.31 bits per heavy atom. The molecule has 2 rings (SSSR count). The molecule has 0 atom stereocenters. The Hall–Kier alpha value is -0.690. The van der Waals surface area contributed by atoms with Crippen molar-refractivity contribution >= 4 is 0 Å². The molecule has 2 aliphatic rings. The van der Waals surface area contributed by atoms with Gasteiger partial charge in [0.2, 0.25) is 6.54 Å². The molecule has 16 heavy (non-hydrogen) atoms. The van der Waals surface area contributed by atoms with Crippen LogP contribution in [0.5, 0.6) is 0 Å². The molecule has 1 saturated heterocycles. The highest BCUT2D eigenvalue weighted by Gasteiger charge is 2.48. The molecule has 4 heteroatoms. The van der Waals surface area contributed by atoms with Gasteiger partial charge in [-0.05, 0) is 25.7 Å². The Bertz CT molecular complexity index is 293. The monoisotopic (exact) mass is 228 g/mol. The highest BCUT2D eigenvalue weighted by molar-refractivity contribution is 4.96. The van der Waals surface area contributed by atoms with Gasteiger partial charge in [0.25, 0.3) is 5.92 Å². The third kappa shape index (κ3) is 2.35. The number of hydrogen-bond acceptors (Lipinski definition) is 1. The Morgan fingerprint density at radius 1 is 1.31 bits per heavy atom. The van der Waals surface area contributed by atoms with Crippen molar-refractivity contribution in [2.24, 2.45) is 5.41 Å². The van der Waals surface area contributed by atoms with Gasteiger partial charge in [-0.3, -0.25) is 4.90 Å². The van der Waals surface area contributed by atoms with Gasteiger partial charge in [-0.2, -0.15) is 0 Å². The molecule has 2 nitrogen and oxygen atoms in total. The first-order chi connectivity index (χ1) is 7.44. The number of likely N-dealkylation sites (tertiary alicyclic amines) is 1. The van der Waals surface area contributed by atoms with Gasteiger partial charge in [0, 0.05) is 11.5 Å². The molecule has 0 N–H and O–H groups in total. The Labute approximate surface area is 95.4 Å². The average molecular weight is 228 g/mol. The second kappa shape index (κ2) is 3.96. The highest BCUT2D eigenvalue weighted by atomic mass is 19.3. The van der Waals surface area contributed by atoms with Crippen molar-refractivity contribution < 1.29 is 8.78 Å². The summed E-state index contributed by atoms with van der Waals surface area (Å²) < 4.78 is 25.5. The molecule has 0 bridgehead atoms. The van der Waals surface area contributed by atoms with Crippen LogP contribution in [0.15, 0.2) is 0 Å². The fourth-order valence-corrected chi connectivity index (χ4v) is 2.82. The molecule has 0 unspecified atom stereocenters. The van der Waals surface area contributed by atoms with Gasteiger partial charge in [0.15, 0.2) is 0 Å². The van der Waals surface area contributed by atoms with E-state index in [0.29, 0.717) is 12.6 Å². The molecule has 0 aromatic rings.